The smallest absolute Gasteiger partial charge is 0.341 e. The molecule has 1 aromatic carbocycles. The highest BCUT2D eigenvalue weighted by Crippen LogP contribution is 2.31. The molecule has 0 unspecified atom stereocenters. The van der Waals surface area contributed by atoms with Crippen LogP contribution >= 0.6 is 0 Å². The van der Waals surface area contributed by atoms with Gasteiger partial charge < -0.3 is 14.6 Å². The zero-order valence-electron chi connectivity index (χ0n) is 9.60. The minimum absolute atomic E-state index is 0.0670. The fourth-order valence-corrected chi connectivity index (χ4v) is 2.01. The van der Waals surface area contributed by atoms with E-state index in [0.717, 1.165) is 16.5 Å². The van der Waals surface area contributed by atoms with Gasteiger partial charge in [-0.05, 0) is 19.1 Å². The van der Waals surface area contributed by atoms with Crippen molar-refractivity contribution in [2.75, 3.05) is 0 Å². The number of carboxylic acids is 1. The minimum Gasteiger partial charge on any atom is -0.477 e. The Balaban J connectivity index is 2.28. The summed E-state index contributed by atoms with van der Waals surface area (Å²) in [5, 5.41) is 13.6. The second kappa shape index (κ2) is 3.73. The molecule has 0 aliphatic heterocycles. The van der Waals surface area contributed by atoms with Crippen LogP contribution in [0, 0.1) is 6.92 Å². The molecule has 0 spiro atoms. The van der Waals surface area contributed by atoms with Gasteiger partial charge in [0, 0.05) is 22.7 Å². The molecule has 3 rings (SSSR count). The molecular weight excluding hydrogens is 232 g/mol. The standard InChI is InChI=1S/C13H10N2O3/c1-7-2-3-11-8(4-7)9(5-14-11)12-10(13(16)17)6-15-18-12/h2-6,14H,1H3,(H,16,17). The summed E-state index contributed by atoms with van der Waals surface area (Å²) in [5.41, 5.74) is 2.81. The van der Waals surface area contributed by atoms with Crippen molar-refractivity contribution in [3.05, 3.63) is 41.7 Å². The number of aryl methyl sites for hydroxylation is 1. The summed E-state index contributed by atoms with van der Waals surface area (Å²) in [6.45, 7) is 1.98. The summed E-state index contributed by atoms with van der Waals surface area (Å²) in [7, 11) is 0. The third kappa shape index (κ3) is 1.48. The van der Waals surface area contributed by atoms with Crippen molar-refractivity contribution in [2.24, 2.45) is 0 Å². The van der Waals surface area contributed by atoms with E-state index in [0.29, 0.717) is 5.56 Å². The van der Waals surface area contributed by atoms with Crippen LogP contribution in [0.4, 0.5) is 0 Å². The van der Waals surface area contributed by atoms with Crippen molar-refractivity contribution in [2.45, 2.75) is 6.92 Å². The zero-order chi connectivity index (χ0) is 12.7. The largest absolute Gasteiger partial charge is 0.477 e. The number of nitrogens with one attached hydrogen (secondary N) is 1. The first-order valence-corrected chi connectivity index (χ1v) is 5.43. The normalized spacial score (nSPS) is 10.9. The monoisotopic (exact) mass is 242 g/mol. The van der Waals surface area contributed by atoms with E-state index in [1.165, 1.54) is 6.20 Å². The summed E-state index contributed by atoms with van der Waals surface area (Å²) in [4.78, 5) is 14.2. The molecule has 0 aliphatic rings. The van der Waals surface area contributed by atoms with Gasteiger partial charge in [0.15, 0.2) is 5.76 Å². The highest BCUT2D eigenvalue weighted by molar-refractivity contribution is 6.01. The zero-order valence-corrected chi connectivity index (χ0v) is 9.60. The van der Waals surface area contributed by atoms with Crippen molar-refractivity contribution in [1.29, 1.82) is 0 Å². The molecule has 0 radical (unpaired) electrons. The van der Waals surface area contributed by atoms with Gasteiger partial charge in [-0.2, -0.15) is 0 Å². The Morgan fingerprint density at radius 2 is 2.28 bits per heavy atom. The maximum atomic E-state index is 11.1. The average Bonchev–Trinajstić information content (AvgIpc) is 2.92. The molecule has 0 aliphatic carbocycles. The van der Waals surface area contributed by atoms with Crippen molar-refractivity contribution >= 4 is 16.9 Å². The minimum atomic E-state index is -1.05. The Morgan fingerprint density at radius 1 is 1.44 bits per heavy atom. The molecule has 2 aromatic heterocycles. The first-order valence-electron chi connectivity index (χ1n) is 5.43. The summed E-state index contributed by atoms with van der Waals surface area (Å²) >= 11 is 0. The summed E-state index contributed by atoms with van der Waals surface area (Å²) in [6, 6.07) is 5.92. The summed E-state index contributed by atoms with van der Waals surface area (Å²) < 4.78 is 5.07. The lowest BCUT2D eigenvalue weighted by Gasteiger charge is -1.97. The van der Waals surface area contributed by atoms with Gasteiger partial charge >= 0.3 is 5.97 Å². The van der Waals surface area contributed by atoms with Crippen LogP contribution in [0.3, 0.4) is 0 Å². The number of benzene rings is 1. The number of carbonyl (C=O) groups is 1. The van der Waals surface area contributed by atoms with E-state index in [-0.39, 0.29) is 11.3 Å². The predicted octanol–water partition coefficient (Wildman–Crippen LogP) is 2.83. The average molecular weight is 242 g/mol. The van der Waals surface area contributed by atoms with Gasteiger partial charge in [0.05, 0.1) is 6.20 Å². The van der Waals surface area contributed by atoms with Gasteiger partial charge in [-0.3, -0.25) is 0 Å². The SMILES string of the molecule is Cc1ccc2[nH]cc(-c3oncc3C(=O)O)c2c1. The Labute approximate surface area is 102 Å². The second-order valence-corrected chi connectivity index (χ2v) is 4.13. The van der Waals surface area contributed by atoms with Crippen LogP contribution in [-0.4, -0.2) is 21.2 Å². The maximum Gasteiger partial charge on any atom is 0.341 e. The van der Waals surface area contributed by atoms with Crippen molar-refractivity contribution in [3.63, 3.8) is 0 Å². The van der Waals surface area contributed by atoms with E-state index in [2.05, 4.69) is 10.1 Å². The second-order valence-electron chi connectivity index (χ2n) is 4.13. The van der Waals surface area contributed by atoms with E-state index < -0.39 is 5.97 Å². The number of rotatable bonds is 2. The molecule has 5 nitrogen and oxygen atoms in total. The lowest BCUT2D eigenvalue weighted by atomic mass is 10.1. The molecule has 0 saturated carbocycles. The van der Waals surface area contributed by atoms with E-state index in [9.17, 15) is 4.79 Å². The maximum absolute atomic E-state index is 11.1. The molecule has 0 atom stereocenters. The number of aromatic nitrogens is 2. The molecule has 3 aromatic rings. The number of carboxylic acid groups (broad SMARTS) is 1. The molecule has 0 bridgehead atoms. The van der Waals surface area contributed by atoms with Crippen molar-refractivity contribution < 1.29 is 14.4 Å². The lowest BCUT2D eigenvalue weighted by molar-refractivity contribution is 0.0697. The van der Waals surface area contributed by atoms with Crippen molar-refractivity contribution in [3.8, 4) is 11.3 Å². The van der Waals surface area contributed by atoms with E-state index in [1.807, 2.05) is 25.1 Å². The quantitative estimate of drug-likeness (QED) is 0.724. The number of aromatic amines is 1. The molecule has 2 heterocycles. The van der Waals surface area contributed by atoms with Crippen LogP contribution in [0.15, 0.2) is 35.1 Å². The Kier molecular flexibility index (Phi) is 2.19. The number of hydrogen-bond acceptors (Lipinski definition) is 3. The molecule has 2 N–H and O–H groups in total. The van der Waals surface area contributed by atoms with E-state index >= 15 is 0 Å². The van der Waals surface area contributed by atoms with Gasteiger partial charge in [-0.25, -0.2) is 4.79 Å². The topological polar surface area (TPSA) is 79.1 Å². The number of H-pyrrole nitrogens is 1. The Bertz CT molecular complexity index is 740. The molecule has 18 heavy (non-hydrogen) atoms. The van der Waals surface area contributed by atoms with Crippen LogP contribution < -0.4 is 0 Å². The third-order valence-corrected chi connectivity index (χ3v) is 2.88. The lowest BCUT2D eigenvalue weighted by Crippen LogP contribution is -1.95. The van der Waals surface area contributed by atoms with Crippen LogP contribution in [0.25, 0.3) is 22.2 Å². The first-order chi connectivity index (χ1) is 8.66. The van der Waals surface area contributed by atoms with Crippen LogP contribution in [0.1, 0.15) is 15.9 Å². The third-order valence-electron chi connectivity index (χ3n) is 2.88. The molecular formula is C13H10N2O3. The predicted molar refractivity (Wildman–Crippen MR) is 65.5 cm³/mol. The van der Waals surface area contributed by atoms with Gasteiger partial charge in [0.25, 0.3) is 0 Å². The highest BCUT2D eigenvalue weighted by atomic mass is 16.5. The molecule has 0 fully saturated rings. The molecule has 0 amide bonds. The van der Waals surface area contributed by atoms with Crippen LogP contribution in [0.5, 0.6) is 0 Å². The molecule has 5 heteroatoms. The summed E-state index contributed by atoms with van der Waals surface area (Å²) in [6.07, 6.45) is 2.95. The number of nitrogens with zero attached hydrogens (tertiary/aromatic N) is 1. The van der Waals surface area contributed by atoms with Gasteiger partial charge in [0.1, 0.15) is 5.56 Å². The van der Waals surface area contributed by atoms with Gasteiger partial charge in [0.2, 0.25) is 0 Å². The Hall–Kier alpha value is -2.56. The van der Waals surface area contributed by atoms with E-state index in [4.69, 9.17) is 9.63 Å². The molecule has 0 saturated heterocycles. The summed E-state index contributed by atoms with van der Waals surface area (Å²) in [5.74, 6) is -0.771. The number of hydrogen-bond donors (Lipinski definition) is 2. The van der Waals surface area contributed by atoms with E-state index in [1.54, 1.807) is 6.20 Å². The van der Waals surface area contributed by atoms with Crippen LogP contribution in [-0.2, 0) is 0 Å². The fourth-order valence-electron chi connectivity index (χ4n) is 2.01. The van der Waals surface area contributed by atoms with Crippen LogP contribution in [0.2, 0.25) is 0 Å². The first kappa shape index (κ1) is 10.6. The molecule has 90 valence electrons. The van der Waals surface area contributed by atoms with Gasteiger partial charge in [-0.1, -0.05) is 16.8 Å². The van der Waals surface area contributed by atoms with Gasteiger partial charge in [-0.15, -0.1) is 0 Å². The number of aromatic carboxylic acids is 1. The van der Waals surface area contributed by atoms with Crippen molar-refractivity contribution in [1.82, 2.24) is 10.1 Å². The fraction of sp³-hybridized carbons (Fsp3) is 0.0769. The highest BCUT2D eigenvalue weighted by Gasteiger charge is 2.19. The Morgan fingerprint density at radius 3 is 3.06 bits per heavy atom. The number of fused-ring (bicyclic) bond motifs is 1.